The van der Waals surface area contributed by atoms with Gasteiger partial charge in [-0.25, -0.2) is 14.3 Å². The van der Waals surface area contributed by atoms with Gasteiger partial charge in [-0.15, -0.1) is 5.10 Å². The predicted molar refractivity (Wildman–Crippen MR) is 68.0 cm³/mol. The topological polar surface area (TPSA) is 115 Å². The van der Waals surface area contributed by atoms with Gasteiger partial charge in [0.2, 0.25) is 5.91 Å². The van der Waals surface area contributed by atoms with Crippen LogP contribution in [0, 0.1) is 0 Å². The Balaban J connectivity index is 2.77. The third-order valence-electron chi connectivity index (χ3n) is 2.43. The number of urea groups is 1. The molecule has 0 radical (unpaired) electrons. The molecule has 3 amide bonds. The van der Waals surface area contributed by atoms with E-state index in [1.807, 2.05) is 0 Å². The van der Waals surface area contributed by atoms with Crippen LogP contribution in [-0.2, 0) is 22.5 Å². The fraction of sp³-hybridized carbons (Fsp3) is 0.545. The van der Waals surface area contributed by atoms with Crippen molar-refractivity contribution in [2.45, 2.75) is 26.8 Å². The predicted octanol–water partition coefficient (Wildman–Crippen LogP) is -0.527. The summed E-state index contributed by atoms with van der Waals surface area (Å²) in [6.45, 7) is 3.74. The second-order valence-electron chi connectivity index (χ2n) is 3.80. The summed E-state index contributed by atoms with van der Waals surface area (Å²) in [5.41, 5.74) is 0.545. The zero-order valence-electron chi connectivity index (χ0n) is 11.6. The fourth-order valence-electron chi connectivity index (χ4n) is 1.57. The van der Waals surface area contributed by atoms with Crippen LogP contribution in [0.4, 0.5) is 4.79 Å². The van der Waals surface area contributed by atoms with E-state index in [4.69, 9.17) is 0 Å². The van der Waals surface area contributed by atoms with Crippen LogP contribution in [0.1, 0.15) is 30.0 Å². The SMILES string of the molecule is CCNC(=O)NC(=O)Cn1nnc(C(=O)OC)c1CC. The van der Waals surface area contributed by atoms with E-state index in [0.717, 1.165) is 0 Å². The molecule has 1 aromatic heterocycles. The van der Waals surface area contributed by atoms with Gasteiger partial charge >= 0.3 is 12.0 Å². The quantitative estimate of drug-likeness (QED) is 0.702. The van der Waals surface area contributed by atoms with E-state index >= 15 is 0 Å². The molecule has 110 valence electrons. The highest BCUT2D eigenvalue weighted by atomic mass is 16.5. The van der Waals surface area contributed by atoms with Gasteiger partial charge < -0.3 is 10.1 Å². The fourth-order valence-corrected chi connectivity index (χ4v) is 1.57. The lowest BCUT2D eigenvalue weighted by Crippen LogP contribution is -2.41. The monoisotopic (exact) mass is 283 g/mol. The Hall–Kier alpha value is -2.45. The van der Waals surface area contributed by atoms with E-state index in [2.05, 4.69) is 25.7 Å². The van der Waals surface area contributed by atoms with Gasteiger partial charge in [-0.2, -0.15) is 0 Å². The van der Waals surface area contributed by atoms with Crippen molar-refractivity contribution in [2.24, 2.45) is 0 Å². The molecule has 1 aromatic rings. The van der Waals surface area contributed by atoms with E-state index in [1.165, 1.54) is 11.8 Å². The first-order chi connectivity index (χ1) is 9.53. The number of hydrogen-bond acceptors (Lipinski definition) is 6. The average molecular weight is 283 g/mol. The first-order valence-electron chi connectivity index (χ1n) is 6.11. The van der Waals surface area contributed by atoms with Crippen molar-refractivity contribution >= 4 is 17.9 Å². The Labute approximate surface area is 115 Å². The number of hydrogen-bond donors (Lipinski definition) is 2. The molecule has 0 aliphatic carbocycles. The molecule has 0 saturated carbocycles. The van der Waals surface area contributed by atoms with Crippen molar-refractivity contribution in [3.8, 4) is 0 Å². The summed E-state index contributed by atoms with van der Waals surface area (Å²) in [4.78, 5) is 34.3. The third kappa shape index (κ3) is 3.77. The van der Waals surface area contributed by atoms with Gasteiger partial charge in [0, 0.05) is 6.54 Å². The van der Waals surface area contributed by atoms with Gasteiger partial charge in [0.1, 0.15) is 6.54 Å². The number of amides is 3. The molecular weight excluding hydrogens is 266 g/mol. The molecule has 20 heavy (non-hydrogen) atoms. The Morgan fingerprint density at radius 2 is 2.00 bits per heavy atom. The third-order valence-corrected chi connectivity index (χ3v) is 2.43. The van der Waals surface area contributed by atoms with Crippen LogP contribution < -0.4 is 10.6 Å². The number of nitrogens with one attached hydrogen (secondary N) is 2. The second-order valence-corrected chi connectivity index (χ2v) is 3.80. The zero-order chi connectivity index (χ0) is 15.1. The molecule has 1 heterocycles. The van der Waals surface area contributed by atoms with Gasteiger partial charge in [-0.3, -0.25) is 10.1 Å². The van der Waals surface area contributed by atoms with Gasteiger partial charge in [-0.05, 0) is 13.3 Å². The second kappa shape index (κ2) is 7.22. The Bertz CT molecular complexity index is 511. The highest BCUT2D eigenvalue weighted by Gasteiger charge is 2.20. The number of aromatic nitrogens is 3. The number of ether oxygens (including phenoxy) is 1. The molecule has 0 fully saturated rings. The van der Waals surface area contributed by atoms with Crippen molar-refractivity contribution in [1.82, 2.24) is 25.6 Å². The maximum atomic E-state index is 11.6. The highest BCUT2D eigenvalue weighted by Crippen LogP contribution is 2.07. The summed E-state index contributed by atoms with van der Waals surface area (Å²) in [6.07, 6.45) is 0.450. The van der Waals surface area contributed by atoms with Gasteiger partial charge in [0.15, 0.2) is 5.69 Å². The molecule has 1 rings (SSSR count). The van der Waals surface area contributed by atoms with Crippen LogP contribution in [0.25, 0.3) is 0 Å². The highest BCUT2D eigenvalue weighted by molar-refractivity contribution is 5.94. The van der Waals surface area contributed by atoms with Gasteiger partial charge in [0.05, 0.1) is 12.8 Å². The van der Waals surface area contributed by atoms with Crippen molar-refractivity contribution in [1.29, 1.82) is 0 Å². The normalized spacial score (nSPS) is 9.95. The van der Waals surface area contributed by atoms with E-state index in [9.17, 15) is 14.4 Å². The smallest absolute Gasteiger partial charge is 0.360 e. The first kappa shape index (κ1) is 15.6. The minimum atomic E-state index is -0.614. The standard InChI is InChI=1S/C11H17N5O4/c1-4-7-9(10(18)20-3)14-15-16(7)6-8(17)13-11(19)12-5-2/h4-6H2,1-3H3,(H2,12,13,17,19). The molecule has 0 aromatic carbocycles. The van der Waals surface area contributed by atoms with E-state index < -0.39 is 17.9 Å². The van der Waals surface area contributed by atoms with E-state index in [1.54, 1.807) is 13.8 Å². The lowest BCUT2D eigenvalue weighted by Gasteiger charge is -2.06. The molecule has 9 heteroatoms. The number of carbonyl (C=O) groups is 3. The lowest BCUT2D eigenvalue weighted by atomic mass is 10.2. The maximum absolute atomic E-state index is 11.6. The largest absolute Gasteiger partial charge is 0.464 e. The molecular formula is C11H17N5O4. The van der Waals surface area contributed by atoms with Crippen LogP contribution in [0.3, 0.4) is 0 Å². The molecule has 0 bridgehead atoms. The van der Waals surface area contributed by atoms with Crippen LogP contribution in [0.5, 0.6) is 0 Å². The summed E-state index contributed by atoms with van der Waals surface area (Å²) >= 11 is 0. The molecule has 0 aliphatic heterocycles. The number of methoxy groups -OCH3 is 1. The molecule has 2 N–H and O–H groups in total. The Kier molecular flexibility index (Phi) is 5.63. The van der Waals surface area contributed by atoms with Crippen molar-refractivity contribution < 1.29 is 19.1 Å². The Morgan fingerprint density at radius 1 is 1.30 bits per heavy atom. The van der Waals surface area contributed by atoms with Crippen LogP contribution >= 0.6 is 0 Å². The molecule has 0 atom stereocenters. The summed E-state index contributed by atoms with van der Waals surface area (Å²) in [5, 5.41) is 12.0. The molecule has 0 unspecified atom stereocenters. The van der Waals surface area contributed by atoms with E-state index in [0.29, 0.717) is 18.7 Å². The van der Waals surface area contributed by atoms with Crippen molar-refractivity contribution in [3.05, 3.63) is 11.4 Å². The zero-order valence-corrected chi connectivity index (χ0v) is 11.6. The number of rotatable bonds is 5. The minimum Gasteiger partial charge on any atom is -0.464 e. The summed E-state index contributed by atoms with van der Waals surface area (Å²) < 4.78 is 5.84. The van der Waals surface area contributed by atoms with Gasteiger partial charge in [0.25, 0.3) is 0 Å². The molecule has 0 aliphatic rings. The number of carbonyl (C=O) groups excluding carboxylic acids is 3. The summed E-state index contributed by atoms with van der Waals surface area (Å²) in [6, 6.07) is -0.580. The molecule has 0 saturated heterocycles. The van der Waals surface area contributed by atoms with Crippen LogP contribution in [-0.4, -0.2) is 46.6 Å². The summed E-state index contributed by atoms with van der Waals surface area (Å²) in [7, 11) is 1.24. The Morgan fingerprint density at radius 3 is 2.55 bits per heavy atom. The molecule has 9 nitrogen and oxygen atoms in total. The number of imide groups is 1. The maximum Gasteiger partial charge on any atom is 0.360 e. The lowest BCUT2D eigenvalue weighted by molar-refractivity contribution is -0.120. The van der Waals surface area contributed by atoms with E-state index in [-0.39, 0.29) is 12.2 Å². The van der Waals surface area contributed by atoms with Crippen molar-refractivity contribution in [2.75, 3.05) is 13.7 Å². The summed E-state index contributed by atoms with van der Waals surface area (Å²) in [5.74, 6) is -1.16. The van der Waals surface area contributed by atoms with Crippen LogP contribution in [0.15, 0.2) is 0 Å². The number of esters is 1. The van der Waals surface area contributed by atoms with Crippen LogP contribution in [0.2, 0.25) is 0 Å². The first-order valence-corrected chi connectivity index (χ1v) is 6.11. The number of nitrogens with zero attached hydrogens (tertiary/aromatic N) is 3. The molecule has 0 spiro atoms. The van der Waals surface area contributed by atoms with Crippen molar-refractivity contribution in [3.63, 3.8) is 0 Å². The minimum absolute atomic E-state index is 0.0702. The van der Waals surface area contributed by atoms with Gasteiger partial charge in [-0.1, -0.05) is 12.1 Å². The average Bonchev–Trinajstić information content (AvgIpc) is 2.80.